The van der Waals surface area contributed by atoms with Crippen LogP contribution in [-0.4, -0.2) is 29.1 Å². The lowest BCUT2D eigenvalue weighted by molar-refractivity contribution is 0.366. The van der Waals surface area contributed by atoms with E-state index < -0.39 is 0 Å². The summed E-state index contributed by atoms with van der Waals surface area (Å²) < 4.78 is 0. The summed E-state index contributed by atoms with van der Waals surface area (Å²) in [5.41, 5.74) is 6.89. The van der Waals surface area contributed by atoms with Crippen molar-refractivity contribution < 1.29 is 0 Å². The molecular formula is C10H16N4. The first-order valence-electron chi connectivity index (χ1n) is 5.08. The summed E-state index contributed by atoms with van der Waals surface area (Å²) >= 11 is 0. The van der Waals surface area contributed by atoms with Crippen molar-refractivity contribution in [2.75, 3.05) is 13.1 Å². The maximum Gasteiger partial charge on any atom is 0.115 e. The van der Waals surface area contributed by atoms with Gasteiger partial charge in [0.2, 0.25) is 0 Å². The van der Waals surface area contributed by atoms with Crippen molar-refractivity contribution in [1.82, 2.24) is 15.3 Å². The summed E-state index contributed by atoms with van der Waals surface area (Å²) in [4.78, 5) is 8.10. The molecule has 0 aliphatic carbocycles. The van der Waals surface area contributed by atoms with E-state index in [0.29, 0.717) is 18.5 Å². The molecule has 4 nitrogen and oxygen atoms in total. The van der Waals surface area contributed by atoms with Crippen molar-refractivity contribution in [2.24, 2.45) is 5.73 Å². The van der Waals surface area contributed by atoms with Gasteiger partial charge >= 0.3 is 0 Å². The first-order valence-corrected chi connectivity index (χ1v) is 5.08. The largest absolute Gasteiger partial charge is 0.329 e. The molecule has 1 saturated heterocycles. The molecule has 0 aromatic carbocycles. The van der Waals surface area contributed by atoms with Gasteiger partial charge in [-0.1, -0.05) is 0 Å². The molecule has 2 rings (SSSR count). The van der Waals surface area contributed by atoms with Crippen LogP contribution in [0, 0.1) is 0 Å². The van der Waals surface area contributed by atoms with Crippen LogP contribution in [-0.2, 0) is 0 Å². The highest BCUT2D eigenvalue weighted by atomic mass is 14.9. The molecule has 1 aromatic heterocycles. The normalized spacial score (nSPS) is 27.5. The standard InChI is InChI=1S/C10H16N4/c11-4-10-3-8(1-2-14-10)9-5-12-7-13-6-9/h5-8,10,14H,1-4,11H2. The van der Waals surface area contributed by atoms with Gasteiger partial charge in [-0.15, -0.1) is 0 Å². The zero-order valence-electron chi connectivity index (χ0n) is 8.19. The summed E-state index contributed by atoms with van der Waals surface area (Å²) in [6.07, 6.45) is 7.66. The minimum Gasteiger partial charge on any atom is -0.329 e. The van der Waals surface area contributed by atoms with E-state index in [1.54, 1.807) is 6.33 Å². The summed E-state index contributed by atoms with van der Waals surface area (Å²) in [7, 11) is 0. The van der Waals surface area contributed by atoms with Crippen LogP contribution in [0.1, 0.15) is 24.3 Å². The van der Waals surface area contributed by atoms with Crippen LogP contribution >= 0.6 is 0 Å². The van der Waals surface area contributed by atoms with Crippen molar-refractivity contribution in [1.29, 1.82) is 0 Å². The molecule has 76 valence electrons. The Bertz CT molecular complexity index is 275. The zero-order chi connectivity index (χ0) is 9.80. The third-order valence-corrected chi connectivity index (χ3v) is 2.83. The van der Waals surface area contributed by atoms with E-state index in [-0.39, 0.29) is 0 Å². The lowest BCUT2D eigenvalue weighted by Crippen LogP contribution is -2.42. The van der Waals surface area contributed by atoms with Gasteiger partial charge in [0.05, 0.1) is 0 Å². The van der Waals surface area contributed by atoms with Crippen LogP contribution in [0.2, 0.25) is 0 Å². The Balaban J connectivity index is 2.04. The highest BCUT2D eigenvalue weighted by Crippen LogP contribution is 2.25. The van der Waals surface area contributed by atoms with Crippen molar-refractivity contribution in [2.45, 2.75) is 24.8 Å². The fourth-order valence-corrected chi connectivity index (χ4v) is 2.01. The molecular weight excluding hydrogens is 176 g/mol. The zero-order valence-corrected chi connectivity index (χ0v) is 8.19. The molecule has 1 aliphatic heterocycles. The molecule has 2 heterocycles. The molecule has 2 unspecified atom stereocenters. The molecule has 3 N–H and O–H groups in total. The van der Waals surface area contributed by atoms with E-state index >= 15 is 0 Å². The predicted octanol–water partition coefficient (Wildman–Crippen LogP) is 0.271. The second-order valence-electron chi connectivity index (χ2n) is 3.78. The molecule has 0 bridgehead atoms. The highest BCUT2D eigenvalue weighted by Gasteiger charge is 2.21. The van der Waals surface area contributed by atoms with E-state index in [2.05, 4.69) is 15.3 Å². The van der Waals surface area contributed by atoms with Gasteiger partial charge in [-0.2, -0.15) is 0 Å². The topological polar surface area (TPSA) is 63.8 Å². The second kappa shape index (κ2) is 4.48. The average molecular weight is 192 g/mol. The molecule has 14 heavy (non-hydrogen) atoms. The Morgan fingerprint density at radius 3 is 2.93 bits per heavy atom. The van der Waals surface area contributed by atoms with Crippen LogP contribution < -0.4 is 11.1 Å². The van der Waals surface area contributed by atoms with Gasteiger partial charge in [0.25, 0.3) is 0 Å². The monoisotopic (exact) mass is 192 g/mol. The number of nitrogens with zero attached hydrogens (tertiary/aromatic N) is 2. The van der Waals surface area contributed by atoms with E-state index in [9.17, 15) is 0 Å². The fraction of sp³-hybridized carbons (Fsp3) is 0.600. The van der Waals surface area contributed by atoms with Gasteiger partial charge in [0.1, 0.15) is 6.33 Å². The third-order valence-electron chi connectivity index (χ3n) is 2.83. The number of hydrogen-bond acceptors (Lipinski definition) is 4. The van der Waals surface area contributed by atoms with Crippen molar-refractivity contribution in [3.8, 4) is 0 Å². The first-order chi connectivity index (χ1) is 6.90. The quantitative estimate of drug-likeness (QED) is 0.706. The second-order valence-corrected chi connectivity index (χ2v) is 3.78. The Labute approximate surface area is 83.9 Å². The van der Waals surface area contributed by atoms with Gasteiger partial charge in [-0.25, -0.2) is 9.97 Å². The van der Waals surface area contributed by atoms with Crippen LogP contribution in [0.15, 0.2) is 18.7 Å². The number of rotatable bonds is 2. The fourth-order valence-electron chi connectivity index (χ4n) is 2.01. The smallest absolute Gasteiger partial charge is 0.115 e. The van der Waals surface area contributed by atoms with Crippen molar-refractivity contribution in [3.05, 3.63) is 24.3 Å². The molecule has 1 aromatic rings. The molecule has 0 saturated carbocycles. The van der Waals surface area contributed by atoms with Crippen molar-refractivity contribution in [3.63, 3.8) is 0 Å². The van der Waals surface area contributed by atoms with Gasteiger partial charge in [0.15, 0.2) is 0 Å². The minimum atomic E-state index is 0.453. The third kappa shape index (κ3) is 2.08. The van der Waals surface area contributed by atoms with Gasteiger partial charge in [0, 0.05) is 25.0 Å². The number of piperidine rings is 1. The SMILES string of the molecule is NCC1CC(c2cncnc2)CCN1. The van der Waals surface area contributed by atoms with E-state index in [0.717, 1.165) is 19.4 Å². The number of aromatic nitrogens is 2. The van der Waals surface area contributed by atoms with Crippen LogP contribution in [0.25, 0.3) is 0 Å². The van der Waals surface area contributed by atoms with Gasteiger partial charge in [-0.05, 0) is 30.9 Å². The number of nitrogens with two attached hydrogens (primary N) is 1. The van der Waals surface area contributed by atoms with E-state index in [4.69, 9.17) is 5.73 Å². The average Bonchev–Trinajstić information content (AvgIpc) is 2.30. The van der Waals surface area contributed by atoms with Crippen LogP contribution in [0.3, 0.4) is 0 Å². The molecule has 0 amide bonds. The van der Waals surface area contributed by atoms with Gasteiger partial charge in [-0.3, -0.25) is 0 Å². The summed E-state index contributed by atoms with van der Waals surface area (Å²) in [5, 5.41) is 3.40. The molecule has 1 fully saturated rings. The summed E-state index contributed by atoms with van der Waals surface area (Å²) in [5.74, 6) is 0.575. The maximum absolute atomic E-state index is 5.65. The summed E-state index contributed by atoms with van der Waals surface area (Å²) in [6.45, 7) is 1.76. The van der Waals surface area contributed by atoms with Crippen LogP contribution in [0.5, 0.6) is 0 Å². The predicted molar refractivity (Wildman–Crippen MR) is 54.9 cm³/mol. The molecule has 0 spiro atoms. The molecule has 4 heteroatoms. The lowest BCUT2D eigenvalue weighted by atomic mass is 9.88. The molecule has 1 aliphatic rings. The van der Waals surface area contributed by atoms with E-state index in [1.165, 1.54) is 5.56 Å². The minimum absolute atomic E-state index is 0.453. The number of nitrogens with one attached hydrogen (secondary N) is 1. The Morgan fingerprint density at radius 1 is 1.43 bits per heavy atom. The first kappa shape index (κ1) is 9.55. The lowest BCUT2D eigenvalue weighted by Gasteiger charge is -2.29. The molecule has 0 radical (unpaired) electrons. The Hall–Kier alpha value is -1.00. The van der Waals surface area contributed by atoms with E-state index in [1.807, 2.05) is 12.4 Å². The number of hydrogen-bond donors (Lipinski definition) is 2. The summed E-state index contributed by atoms with van der Waals surface area (Å²) in [6, 6.07) is 0.453. The van der Waals surface area contributed by atoms with Crippen molar-refractivity contribution >= 4 is 0 Å². The molecule has 2 atom stereocenters. The Morgan fingerprint density at radius 2 is 2.21 bits per heavy atom. The highest BCUT2D eigenvalue weighted by molar-refractivity contribution is 5.12. The maximum atomic E-state index is 5.65. The van der Waals surface area contributed by atoms with Crippen LogP contribution in [0.4, 0.5) is 0 Å². The van der Waals surface area contributed by atoms with Gasteiger partial charge < -0.3 is 11.1 Å². The Kier molecular flexibility index (Phi) is 3.06.